The molecule has 0 spiro atoms. The molecule has 2 heterocycles. The summed E-state index contributed by atoms with van der Waals surface area (Å²) >= 11 is 0. The molecule has 0 aliphatic carbocycles. The number of hydrogen-bond donors (Lipinski definition) is 1. The first-order valence-electron chi connectivity index (χ1n) is 10.7. The summed E-state index contributed by atoms with van der Waals surface area (Å²) in [5.41, 5.74) is 3.49. The number of benzene rings is 2. The second-order valence-electron chi connectivity index (χ2n) is 8.09. The van der Waals surface area contributed by atoms with Gasteiger partial charge in [0.05, 0.1) is 18.1 Å². The van der Waals surface area contributed by atoms with Gasteiger partial charge in [-0.25, -0.2) is 8.42 Å². The van der Waals surface area contributed by atoms with Crippen LogP contribution in [-0.4, -0.2) is 57.5 Å². The molecule has 8 heteroatoms. The molecule has 1 amide bonds. The lowest BCUT2D eigenvalue weighted by Gasteiger charge is -2.35. The lowest BCUT2D eigenvalue weighted by atomic mass is 10.00. The van der Waals surface area contributed by atoms with Gasteiger partial charge in [0.25, 0.3) is 0 Å². The number of aryl methyl sites for hydroxylation is 2. The van der Waals surface area contributed by atoms with E-state index in [2.05, 4.69) is 22.3 Å². The summed E-state index contributed by atoms with van der Waals surface area (Å²) in [6, 6.07) is 12.9. The summed E-state index contributed by atoms with van der Waals surface area (Å²) < 4.78 is 32.9. The van der Waals surface area contributed by atoms with Gasteiger partial charge in [-0.3, -0.25) is 4.79 Å². The van der Waals surface area contributed by atoms with Gasteiger partial charge in [0.2, 0.25) is 15.9 Å². The summed E-state index contributed by atoms with van der Waals surface area (Å²) in [4.78, 5) is 15.4. The number of rotatable bonds is 5. The molecule has 0 saturated carbocycles. The summed E-state index contributed by atoms with van der Waals surface area (Å²) in [5.74, 6) is -0.157. The highest BCUT2D eigenvalue weighted by molar-refractivity contribution is 7.89. The van der Waals surface area contributed by atoms with Gasteiger partial charge < -0.3 is 15.0 Å². The fourth-order valence-corrected chi connectivity index (χ4v) is 5.89. The molecule has 31 heavy (non-hydrogen) atoms. The summed E-state index contributed by atoms with van der Waals surface area (Å²) in [7, 11) is -3.64. The van der Waals surface area contributed by atoms with Crippen molar-refractivity contribution in [1.29, 1.82) is 0 Å². The molecule has 166 valence electrons. The highest BCUT2D eigenvalue weighted by atomic mass is 32.2. The monoisotopic (exact) mass is 443 g/mol. The van der Waals surface area contributed by atoms with E-state index < -0.39 is 10.0 Å². The van der Waals surface area contributed by atoms with E-state index in [9.17, 15) is 13.2 Å². The van der Waals surface area contributed by atoms with Gasteiger partial charge in [0.15, 0.2) is 0 Å². The van der Waals surface area contributed by atoms with Crippen LogP contribution in [0, 0.1) is 6.92 Å². The highest BCUT2D eigenvalue weighted by Gasteiger charge is 2.29. The Hall–Kier alpha value is -2.42. The normalized spacial score (nSPS) is 18.3. The summed E-state index contributed by atoms with van der Waals surface area (Å²) in [6.45, 7) is 5.93. The Kier molecular flexibility index (Phi) is 6.31. The van der Waals surface area contributed by atoms with E-state index in [1.54, 1.807) is 25.1 Å². The number of carbonyl (C=O) groups is 1. The average molecular weight is 444 g/mol. The van der Waals surface area contributed by atoms with Crippen LogP contribution in [0.5, 0.6) is 0 Å². The minimum atomic E-state index is -3.64. The second-order valence-corrected chi connectivity index (χ2v) is 9.99. The number of anilines is 2. The third-order valence-corrected chi connectivity index (χ3v) is 8.08. The van der Waals surface area contributed by atoms with Crippen LogP contribution >= 0.6 is 0 Å². The van der Waals surface area contributed by atoms with E-state index >= 15 is 0 Å². The SMILES string of the molecule is Cc1ccc(NC(=O)[C@H](C)N2CCCc3ccccc32)cc1S(=O)(=O)N1CCOCC1. The second kappa shape index (κ2) is 8.98. The molecule has 1 atom stereocenters. The predicted molar refractivity (Wildman–Crippen MR) is 121 cm³/mol. The van der Waals surface area contributed by atoms with Crippen LogP contribution in [0.3, 0.4) is 0 Å². The fraction of sp³-hybridized carbons (Fsp3) is 0.435. The van der Waals surface area contributed by atoms with Crippen molar-refractivity contribution < 1.29 is 17.9 Å². The van der Waals surface area contributed by atoms with E-state index in [1.165, 1.54) is 9.87 Å². The number of sulfonamides is 1. The van der Waals surface area contributed by atoms with Gasteiger partial charge in [-0.05, 0) is 56.0 Å². The number of hydrogen-bond acceptors (Lipinski definition) is 5. The van der Waals surface area contributed by atoms with Gasteiger partial charge in [-0.2, -0.15) is 4.31 Å². The van der Waals surface area contributed by atoms with Crippen molar-refractivity contribution in [2.45, 2.75) is 37.6 Å². The smallest absolute Gasteiger partial charge is 0.246 e. The van der Waals surface area contributed by atoms with Gasteiger partial charge >= 0.3 is 0 Å². The van der Waals surface area contributed by atoms with E-state index in [-0.39, 0.29) is 16.8 Å². The molecule has 2 aliphatic rings. The van der Waals surface area contributed by atoms with E-state index in [1.807, 2.05) is 19.1 Å². The van der Waals surface area contributed by atoms with Crippen LogP contribution in [0.4, 0.5) is 11.4 Å². The lowest BCUT2D eigenvalue weighted by molar-refractivity contribution is -0.117. The average Bonchev–Trinajstić information content (AvgIpc) is 2.80. The Balaban J connectivity index is 1.53. The van der Waals surface area contributed by atoms with Gasteiger partial charge in [-0.1, -0.05) is 24.3 Å². The van der Waals surface area contributed by atoms with Crippen LogP contribution in [-0.2, 0) is 26.0 Å². The van der Waals surface area contributed by atoms with Crippen molar-refractivity contribution in [3.8, 4) is 0 Å². The number of fused-ring (bicyclic) bond motifs is 1. The molecule has 7 nitrogen and oxygen atoms in total. The molecule has 0 radical (unpaired) electrons. The Morgan fingerprint density at radius 3 is 2.61 bits per heavy atom. The van der Waals surface area contributed by atoms with Crippen molar-refractivity contribution in [3.05, 3.63) is 53.6 Å². The molecule has 4 rings (SSSR count). The Morgan fingerprint density at radius 2 is 1.84 bits per heavy atom. The topological polar surface area (TPSA) is 79.0 Å². The number of para-hydroxylation sites is 1. The number of nitrogens with one attached hydrogen (secondary N) is 1. The van der Waals surface area contributed by atoms with E-state index in [4.69, 9.17) is 4.74 Å². The number of ether oxygens (including phenoxy) is 1. The molecular formula is C23H29N3O4S. The molecule has 0 aromatic heterocycles. The Labute approximate surface area is 184 Å². The van der Waals surface area contributed by atoms with Crippen LogP contribution in [0.2, 0.25) is 0 Å². The van der Waals surface area contributed by atoms with Crippen LogP contribution in [0.15, 0.2) is 47.4 Å². The standard InChI is InChI=1S/C23H29N3O4S/c1-17-9-10-20(16-22(17)31(28,29)25-12-14-30-15-13-25)24-23(27)18(2)26-11-5-7-19-6-3-4-8-21(19)26/h3-4,6,8-10,16,18H,5,7,11-15H2,1-2H3,(H,24,27)/t18-/m0/s1. The molecule has 2 aromatic rings. The largest absolute Gasteiger partial charge is 0.379 e. The Morgan fingerprint density at radius 1 is 1.10 bits per heavy atom. The van der Waals surface area contributed by atoms with E-state index in [0.29, 0.717) is 37.6 Å². The van der Waals surface area contributed by atoms with Crippen LogP contribution < -0.4 is 10.2 Å². The predicted octanol–water partition coefficient (Wildman–Crippen LogP) is 2.80. The zero-order chi connectivity index (χ0) is 22.0. The van der Waals surface area contributed by atoms with Crippen molar-refractivity contribution in [2.24, 2.45) is 0 Å². The summed E-state index contributed by atoms with van der Waals surface area (Å²) in [5, 5.41) is 2.92. The molecule has 1 saturated heterocycles. The van der Waals surface area contributed by atoms with Gasteiger partial charge in [0, 0.05) is 31.0 Å². The van der Waals surface area contributed by atoms with E-state index in [0.717, 1.165) is 25.1 Å². The molecule has 2 aromatic carbocycles. The van der Waals surface area contributed by atoms with Crippen molar-refractivity contribution in [3.63, 3.8) is 0 Å². The fourth-order valence-electron chi connectivity index (χ4n) is 4.24. The van der Waals surface area contributed by atoms with Crippen molar-refractivity contribution in [1.82, 2.24) is 4.31 Å². The zero-order valence-corrected chi connectivity index (χ0v) is 18.8. The number of amides is 1. The maximum absolute atomic E-state index is 13.1. The quantitative estimate of drug-likeness (QED) is 0.769. The van der Waals surface area contributed by atoms with Gasteiger partial charge in [-0.15, -0.1) is 0 Å². The molecule has 0 unspecified atom stereocenters. The number of morpholine rings is 1. The minimum Gasteiger partial charge on any atom is -0.379 e. The maximum atomic E-state index is 13.1. The molecule has 2 aliphatic heterocycles. The number of nitrogens with zero attached hydrogens (tertiary/aromatic N) is 2. The maximum Gasteiger partial charge on any atom is 0.246 e. The Bertz CT molecular complexity index is 1060. The molecule has 1 fully saturated rings. The highest BCUT2D eigenvalue weighted by Crippen LogP contribution is 2.29. The molecular weight excluding hydrogens is 414 g/mol. The van der Waals surface area contributed by atoms with Gasteiger partial charge in [0.1, 0.15) is 6.04 Å². The van der Waals surface area contributed by atoms with Crippen LogP contribution in [0.25, 0.3) is 0 Å². The van der Waals surface area contributed by atoms with Crippen molar-refractivity contribution in [2.75, 3.05) is 43.1 Å². The first-order chi connectivity index (χ1) is 14.9. The first kappa shape index (κ1) is 21.8. The lowest BCUT2D eigenvalue weighted by Crippen LogP contribution is -2.44. The third kappa shape index (κ3) is 4.46. The third-order valence-electron chi connectivity index (χ3n) is 6.04. The minimum absolute atomic E-state index is 0.157. The molecule has 0 bridgehead atoms. The first-order valence-corrected chi connectivity index (χ1v) is 12.2. The van der Waals surface area contributed by atoms with Crippen LogP contribution in [0.1, 0.15) is 24.5 Å². The number of carbonyl (C=O) groups excluding carboxylic acids is 1. The zero-order valence-electron chi connectivity index (χ0n) is 18.0. The van der Waals surface area contributed by atoms with Crippen molar-refractivity contribution >= 4 is 27.3 Å². The summed E-state index contributed by atoms with van der Waals surface area (Å²) in [6.07, 6.45) is 2.02. The molecule has 1 N–H and O–H groups in total.